The number of ether oxygens (including phenoxy) is 2. The number of hydrogen-bond donors (Lipinski definition) is 2. The molecule has 19 heavy (non-hydrogen) atoms. The van der Waals surface area contributed by atoms with E-state index in [1.807, 2.05) is 13.8 Å². The number of nitrogen functional groups attached to an aromatic ring is 1. The highest BCUT2D eigenvalue weighted by Crippen LogP contribution is 2.26. The van der Waals surface area contributed by atoms with Crippen LogP contribution in [0.3, 0.4) is 0 Å². The Hall–Kier alpha value is -1.86. The van der Waals surface area contributed by atoms with E-state index in [2.05, 4.69) is 5.43 Å². The maximum atomic E-state index is 10.8. The number of rotatable bonds is 7. The summed E-state index contributed by atoms with van der Waals surface area (Å²) in [6.07, 6.45) is 0.664. The first kappa shape index (κ1) is 15.2. The number of nitrogens with one attached hydrogen (secondary N) is 1. The minimum atomic E-state index is -0.493. The van der Waals surface area contributed by atoms with Gasteiger partial charge in [0.25, 0.3) is 5.69 Å². The first-order chi connectivity index (χ1) is 8.88. The molecule has 0 aliphatic heterocycles. The van der Waals surface area contributed by atoms with Gasteiger partial charge >= 0.3 is 0 Å². The Morgan fingerprint density at radius 2 is 2.11 bits per heavy atom. The number of methoxy groups -OCH3 is 1. The highest BCUT2D eigenvalue weighted by Gasteiger charge is 2.16. The minimum Gasteiger partial charge on any atom is -0.493 e. The first-order valence-electron chi connectivity index (χ1n) is 5.82. The lowest BCUT2D eigenvalue weighted by Crippen LogP contribution is -2.25. The van der Waals surface area contributed by atoms with Gasteiger partial charge in [-0.05, 0) is 13.8 Å². The van der Waals surface area contributed by atoms with Crippen LogP contribution in [0.1, 0.15) is 20.3 Å². The van der Waals surface area contributed by atoms with Crippen molar-refractivity contribution in [2.75, 3.05) is 19.1 Å². The Kier molecular flexibility index (Phi) is 5.08. The average molecular weight is 269 g/mol. The Morgan fingerprint density at radius 1 is 1.42 bits per heavy atom. The summed E-state index contributed by atoms with van der Waals surface area (Å²) in [6, 6.07) is 4.30. The van der Waals surface area contributed by atoms with E-state index in [-0.39, 0.29) is 11.3 Å². The van der Waals surface area contributed by atoms with Gasteiger partial charge in [-0.25, -0.2) is 0 Å². The van der Waals surface area contributed by atoms with Gasteiger partial charge in [-0.15, -0.1) is 0 Å². The molecule has 3 N–H and O–H groups in total. The molecular weight excluding hydrogens is 250 g/mol. The molecule has 0 aromatic heterocycles. The summed E-state index contributed by atoms with van der Waals surface area (Å²) >= 11 is 0. The number of nitrogens with zero attached hydrogens (tertiary/aromatic N) is 1. The van der Waals surface area contributed by atoms with Crippen molar-refractivity contribution in [1.29, 1.82) is 0 Å². The summed E-state index contributed by atoms with van der Waals surface area (Å²) in [7, 11) is 1.63. The van der Waals surface area contributed by atoms with Crippen molar-refractivity contribution < 1.29 is 14.4 Å². The largest absolute Gasteiger partial charge is 0.493 e. The van der Waals surface area contributed by atoms with Crippen LogP contribution in [0, 0.1) is 10.1 Å². The second kappa shape index (κ2) is 6.35. The molecule has 0 radical (unpaired) electrons. The highest BCUT2D eigenvalue weighted by atomic mass is 16.6. The molecule has 1 aromatic carbocycles. The lowest BCUT2D eigenvalue weighted by molar-refractivity contribution is -0.384. The van der Waals surface area contributed by atoms with Crippen LogP contribution < -0.4 is 16.0 Å². The molecule has 1 aromatic rings. The molecule has 0 spiro atoms. The molecule has 0 bridgehead atoms. The van der Waals surface area contributed by atoms with Crippen LogP contribution in [0.4, 0.5) is 11.4 Å². The van der Waals surface area contributed by atoms with Crippen LogP contribution >= 0.6 is 0 Å². The zero-order chi connectivity index (χ0) is 14.5. The molecule has 0 aliphatic rings. The van der Waals surface area contributed by atoms with Crippen molar-refractivity contribution in [3.8, 4) is 5.75 Å². The summed E-state index contributed by atoms with van der Waals surface area (Å²) in [5.41, 5.74) is 2.43. The van der Waals surface area contributed by atoms with Crippen molar-refractivity contribution in [3.63, 3.8) is 0 Å². The smallest absolute Gasteiger partial charge is 0.275 e. The van der Waals surface area contributed by atoms with Gasteiger partial charge in [-0.1, -0.05) is 0 Å². The third-order valence-electron chi connectivity index (χ3n) is 2.79. The van der Waals surface area contributed by atoms with Crippen molar-refractivity contribution in [2.24, 2.45) is 5.84 Å². The van der Waals surface area contributed by atoms with Gasteiger partial charge in [-0.2, -0.15) is 0 Å². The lowest BCUT2D eigenvalue weighted by atomic mass is 10.1. The molecule has 0 saturated heterocycles. The van der Waals surface area contributed by atoms with Crippen LogP contribution in [-0.2, 0) is 4.74 Å². The van der Waals surface area contributed by atoms with Crippen LogP contribution in [0.5, 0.6) is 5.75 Å². The molecule has 0 heterocycles. The number of nitro groups is 1. The van der Waals surface area contributed by atoms with Crippen LogP contribution in [0.25, 0.3) is 0 Å². The van der Waals surface area contributed by atoms with E-state index >= 15 is 0 Å². The predicted molar refractivity (Wildman–Crippen MR) is 72.1 cm³/mol. The van der Waals surface area contributed by atoms with Gasteiger partial charge in [0.1, 0.15) is 5.75 Å². The number of benzene rings is 1. The normalized spacial score (nSPS) is 11.2. The summed E-state index contributed by atoms with van der Waals surface area (Å²) in [4.78, 5) is 10.3. The second-order valence-electron chi connectivity index (χ2n) is 4.68. The predicted octanol–water partition coefficient (Wildman–Crippen LogP) is 2.07. The quantitative estimate of drug-likeness (QED) is 0.446. The molecule has 7 heteroatoms. The molecule has 7 nitrogen and oxygen atoms in total. The van der Waals surface area contributed by atoms with E-state index in [0.29, 0.717) is 24.5 Å². The Morgan fingerprint density at radius 3 is 2.63 bits per heavy atom. The monoisotopic (exact) mass is 269 g/mol. The molecule has 0 amide bonds. The zero-order valence-corrected chi connectivity index (χ0v) is 11.3. The summed E-state index contributed by atoms with van der Waals surface area (Å²) < 4.78 is 10.8. The molecule has 106 valence electrons. The maximum absolute atomic E-state index is 10.8. The molecule has 0 unspecified atom stereocenters. The van der Waals surface area contributed by atoms with Crippen LogP contribution in [0.15, 0.2) is 18.2 Å². The van der Waals surface area contributed by atoms with Crippen molar-refractivity contribution in [2.45, 2.75) is 25.9 Å². The molecule has 1 rings (SSSR count). The van der Waals surface area contributed by atoms with E-state index in [1.54, 1.807) is 13.2 Å². The number of anilines is 1. The van der Waals surface area contributed by atoms with Crippen LogP contribution in [-0.4, -0.2) is 24.2 Å². The van der Waals surface area contributed by atoms with E-state index in [9.17, 15) is 10.1 Å². The van der Waals surface area contributed by atoms with Gasteiger partial charge in [0.15, 0.2) is 0 Å². The molecular formula is C12H19N3O4. The third kappa shape index (κ3) is 4.72. The Bertz CT molecular complexity index is 449. The van der Waals surface area contributed by atoms with Gasteiger partial charge in [0.05, 0.1) is 28.9 Å². The highest BCUT2D eigenvalue weighted by molar-refractivity contribution is 5.55. The van der Waals surface area contributed by atoms with Gasteiger partial charge in [-0.3, -0.25) is 16.0 Å². The zero-order valence-electron chi connectivity index (χ0n) is 11.3. The minimum absolute atomic E-state index is 0.0727. The van der Waals surface area contributed by atoms with E-state index in [1.165, 1.54) is 12.1 Å². The standard InChI is InChI=1S/C12H19N3O4/c1-12(2,18-3)4-5-19-11-7-9(14-13)6-10(8-11)15(16)17/h6-8,14H,4-5,13H2,1-3H3. The molecule has 0 atom stereocenters. The van der Waals surface area contributed by atoms with Crippen molar-refractivity contribution in [3.05, 3.63) is 28.3 Å². The number of non-ortho nitro benzene ring substituents is 1. The fourth-order valence-electron chi connectivity index (χ4n) is 1.37. The first-order valence-corrected chi connectivity index (χ1v) is 5.82. The van der Waals surface area contributed by atoms with Gasteiger partial charge in [0.2, 0.25) is 0 Å². The van der Waals surface area contributed by atoms with Gasteiger partial charge in [0, 0.05) is 25.7 Å². The Labute approximate surface area is 111 Å². The van der Waals surface area contributed by atoms with E-state index < -0.39 is 4.92 Å². The molecule has 0 aliphatic carbocycles. The summed E-state index contributed by atoms with van der Waals surface area (Å²) in [6.45, 7) is 4.28. The maximum Gasteiger partial charge on any atom is 0.275 e. The van der Waals surface area contributed by atoms with Crippen molar-refractivity contribution >= 4 is 11.4 Å². The van der Waals surface area contributed by atoms with E-state index in [0.717, 1.165) is 0 Å². The van der Waals surface area contributed by atoms with E-state index in [4.69, 9.17) is 15.3 Å². The lowest BCUT2D eigenvalue weighted by Gasteiger charge is -2.22. The SMILES string of the molecule is COC(C)(C)CCOc1cc(NN)cc([N+](=O)[O-])c1. The summed E-state index contributed by atoms with van der Waals surface area (Å²) in [5.74, 6) is 5.66. The second-order valence-corrected chi connectivity index (χ2v) is 4.68. The Balaban J connectivity index is 2.72. The number of nitrogens with two attached hydrogens (primary N) is 1. The summed E-state index contributed by atoms with van der Waals surface area (Å²) in [5, 5.41) is 10.8. The van der Waals surface area contributed by atoms with Crippen molar-refractivity contribution in [1.82, 2.24) is 0 Å². The number of hydrogen-bond acceptors (Lipinski definition) is 6. The van der Waals surface area contributed by atoms with Gasteiger partial charge < -0.3 is 14.9 Å². The van der Waals surface area contributed by atoms with Crippen LogP contribution in [0.2, 0.25) is 0 Å². The third-order valence-corrected chi connectivity index (χ3v) is 2.79. The average Bonchev–Trinajstić information content (AvgIpc) is 2.38. The molecule has 0 fully saturated rings. The topological polar surface area (TPSA) is 99.7 Å². The fraction of sp³-hybridized carbons (Fsp3) is 0.500. The number of hydrazine groups is 1. The molecule has 0 saturated carbocycles. The fourth-order valence-corrected chi connectivity index (χ4v) is 1.37. The number of nitro benzene ring substituents is 1.